The molecular formula is C36H51N7O6. The van der Waals surface area contributed by atoms with E-state index in [2.05, 4.69) is 21.3 Å². The minimum Gasteiger partial charge on any atom is -0.480 e. The molecule has 1 fully saturated rings. The number of hydrogen-bond donors (Lipinski definition) is 7. The number of amides is 4. The van der Waals surface area contributed by atoms with Crippen molar-refractivity contribution >= 4 is 29.6 Å². The Kier molecular flexibility index (Phi) is 13.3. The van der Waals surface area contributed by atoms with Crippen molar-refractivity contribution in [3.05, 3.63) is 71.3 Å². The highest BCUT2D eigenvalue weighted by molar-refractivity contribution is 5.95. The maximum atomic E-state index is 14.0. The van der Waals surface area contributed by atoms with E-state index in [-0.39, 0.29) is 50.6 Å². The average Bonchev–Trinajstić information content (AvgIpc) is 3.50. The molecular weight excluding hydrogens is 626 g/mol. The van der Waals surface area contributed by atoms with Crippen LogP contribution in [0.15, 0.2) is 54.6 Å². The van der Waals surface area contributed by atoms with Gasteiger partial charge in [0, 0.05) is 26.1 Å². The highest BCUT2D eigenvalue weighted by Gasteiger charge is 2.44. The van der Waals surface area contributed by atoms with E-state index in [1.807, 2.05) is 68.4 Å². The van der Waals surface area contributed by atoms with Crippen LogP contribution in [-0.4, -0.2) is 88.9 Å². The van der Waals surface area contributed by atoms with Crippen molar-refractivity contribution in [3.8, 4) is 0 Å². The monoisotopic (exact) mass is 677 g/mol. The Balaban J connectivity index is 1.49. The molecule has 13 heteroatoms. The molecule has 0 aromatic heterocycles. The number of carboxylic acids is 1. The summed E-state index contributed by atoms with van der Waals surface area (Å²) >= 11 is 0. The number of carboxylic acid groups (broad SMARTS) is 1. The summed E-state index contributed by atoms with van der Waals surface area (Å²) in [6, 6.07) is 13.8. The topological polar surface area (TPSA) is 209 Å². The quantitative estimate of drug-likeness (QED) is 0.124. The molecule has 1 saturated heterocycles. The Hall–Kier alpha value is -4.33. The van der Waals surface area contributed by atoms with E-state index in [1.54, 1.807) is 0 Å². The van der Waals surface area contributed by atoms with Gasteiger partial charge in [0.05, 0.1) is 6.04 Å². The van der Waals surface area contributed by atoms with Crippen molar-refractivity contribution in [2.75, 3.05) is 19.6 Å². The number of nitrogens with zero attached hydrogens (tertiary/aromatic N) is 1. The third kappa shape index (κ3) is 10.3. The molecule has 1 unspecified atom stereocenters. The summed E-state index contributed by atoms with van der Waals surface area (Å²) in [5, 5.41) is 21.5. The predicted octanol–water partition coefficient (Wildman–Crippen LogP) is 0.588. The first-order valence-electron chi connectivity index (χ1n) is 17.2. The first-order valence-corrected chi connectivity index (χ1v) is 17.2. The molecule has 4 amide bonds. The SMILES string of the molecule is CC(C)C[C@@H](NC(=O)[C@@H](Cc1ccccc1)NC(=O)[C@H]1Cc2ccccc2CN1)C(=O)N[C@H](CCCCN)C(=O)N1CCC(N)(C(=O)O)C1. The van der Waals surface area contributed by atoms with Crippen LogP contribution < -0.4 is 32.7 Å². The number of rotatable bonds is 16. The number of nitrogens with one attached hydrogen (secondary N) is 4. The van der Waals surface area contributed by atoms with Gasteiger partial charge in [-0.25, -0.2) is 0 Å². The van der Waals surface area contributed by atoms with Crippen molar-refractivity contribution in [2.24, 2.45) is 17.4 Å². The molecule has 13 nitrogen and oxygen atoms in total. The van der Waals surface area contributed by atoms with Gasteiger partial charge in [-0.15, -0.1) is 0 Å². The molecule has 0 aliphatic carbocycles. The zero-order valence-electron chi connectivity index (χ0n) is 28.5. The number of carbonyl (C=O) groups excluding carboxylic acids is 4. The minimum absolute atomic E-state index is 0.00289. The van der Waals surface area contributed by atoms with Crippen LogP contribution in [0.25, 0.3) is 0 Å². The second-order valence-corrected chi connectivity index (χ2v) is 13.7. The van der Waals surface area contributed by atoms with Crippen LogP contribution >= 0.6 is 0 Å². The molecule has 0 bridgehead atoms. The molecule has 2 aromatic rings. The molecule has 2 heterocycles. The summed E-state index contributed by atoms with van der Waals surface area (Å²) in [5.74, 6) is -2.99. The second kappa shape index (κ2) is 17.4. The number of aliphatic carboxylic acids is 1. The van der Waals surface area contributed by atoms with Gasteiger partial charge in [0.2, 0.25) is 23.6 Å². The van der Waals surface area contributed by atoms with Gasteiger partial charge in [-0.3, -0.25) is 24.0 Å². The van der Waals surface area contributed by atoms with Crippen molar-refractivity contribution < 1.29 is 29.1 Å². The molecule has 0 spiro atoms. The molecule has 0 saturated carbocycles. The van der Waals surface area contributed by atoms with Gasteiger partial charge in [-0.1, -0.05) is 68.4 Å². The van der Waals surface area contributed by atoms with Gasteiger partial charge < -0.3 is 42.7 Å². The zero-order chi connectivity index (χ0) is 35.6. The largest absolute Gasteiger partial charge is 0.480 e. The van der Waals surface area contributed by atoms with Crippen LogP contribution in [0.3, 0.4) is 0 Å². The Morgan fingerprint density at radius 2 is 1.57 bits per heavy atom. The molecule has 266 valence electrons. The number of likely N-dealkylation sites (tertiary alicyclic amines) is 1. The van der Waals surface area contributed by atoms with Gasteiger partial charge >= 0.3 is 5.97 Å². The normalized spacial score (nSPS) is 20.5. The van der Waals surface area contributed by atoms with Gasteiger partial charge in [-0.2, -0.15) is 0 Å². The van der Waals surface area contributed by atoms with Crippen molar-refractivity contribution in [2.45, 2.75) is 95.0 Å². The number of unbranched alkanes of at least 4 members (excludes halogenated alkanes) is 1. The lowest BCUT2D eigenvalue weighted by atomic mass is 9.95. The summed E-state index contributed by atoms with van der Waals surface area (Å²) in [4.78, 5) is 68.0. The van der Waals surface area contributed by atoms with E-state index >= 15 is 0 Å². The highest BCUT2D eigenvalue weighted by Crippen LogP contribution is 2.21. The van der Waals surface area contributed by atoms with Crippen LogP contribution in [-0.2, 0) is 43.4 Å². The van der Waals surface area contributed by atoms with E-state index in [1.165, 1.54) is 4.90 Å². The number of carbonyl (C=O) groups is 5. The Bertz CT molecular complexity index is 1470. The predicted molar refractivity (Wildman–Crippen MR) is 185 cm³/mol. The van der Waals surface area contributed by atoms with E-state index in [0.717, 1.165) is 16.7 Å². The van der Waals surface area contributed by atoms with Crippen LogP contribution in [0.4, 0.5) is 0 Å². The summed E-state index contributed by atoms with van der Waals surface area (Å²) in [6.07, 6.45) is 2.54. The van der Waals surface area contributed by atoms with Gasteiger partial charge in [0.15, 0.2) is 0 Å². The molecule has 2 aliphatic heterocycles. The van der Waals surface area contributed by atoms with Crippen LogP contribution in [0.2, 0.25) is 0 Å². The molecule has 5 atom stereocenters. The van der Waals surface area contributed by atoms with Crippen molar-refractivity contribution in [3.63, 3.8) is 0 Å². The van der Waals surface area contributed by atoms with Gasteiger partial charge in [-0.05, 0) is 67.7 Å². The molecule has 4 rings (SSSR count). The third-order valence-electron chi connectivity index (χ3n) is 9.25. The van der Waals surface area contributed by atoms with Crippen LogP contribution in [0, 0.1) is 5.92 Å². The van der Waals surface area contributed by atoms with Crippen LogP contribution in [0.5, 0.6) is 0 Å². The Morgan fingerprint density at radius 1 is 0.918 bits per heavy atom. The molecule has 9 N–H and O–H groups in total. The van der Waals surface area contributed by atoms with Crippen LogP contribution in [0.1, 0.15) is 62.6 Å². The minimum atomic E-state index is -1.55. The molecule has 2 aromatic carbocycles. The average molecular weight is 678 g/mol. The number of hydrogen-bond acceptors (Lipinski definition) is 8. The summed E-state index contributed by atoms with van der Waals surface area (Å²) in [5.41, 5.74) is 13.2. The fourth-order valence-electron chi connectivity index (χ4n) is 6.39. The summed E-state index contributed by atoms with van der Waals surface area (Å²) in [6.45, 7) is 4.77. The van der Waals surface area contributed by atoms with Crippen molar-refractivity contribution in [1.82, 2.24) is 26.2 Å². The lowest BCUT2D eigenvalue weighted by Gasteiger charge is -2.30. The third-order valence-corrected chi connectivity index (χ3v) is 9.25. The number of benzene rings is 2. The first-order chi connectivity index (χ1) is 23.4. The van der Waals surface area contributed by atoms with E-state index in [0.29, 0.717) is 32.4 Å². The molecule has 0 radical (unpaired) electrons. The van der Waals surface area contributed by atoms with Crippen molar-refractivity contribution in [1.29, 1.82) is 0 Å². The van der Waals surface area contributed by atoms with E-state index in [9.17, 15) is 29.1 Å². The Labute approximate surface area is 287 Å². The molecule has 2 aliphatic rings. The molecule has 49 heavy (non-hydrogen) atoms. The first kappa shape index (κ1) is 37.5. The number of nitrogens with two attached hydrogens (primary N) is 2. The zero-order valence-corrected chi connectivity index (χ0v) is 28.5. The number of fused-ring (bicyclic) bond motifs is 1. The lowest BCUT2D eigenvalue weighted by molar-refractivity contribution is -0.143. The fraction of sp³-hybridized carbons (Fsp3) is 0.528. The second-order valence-electron chi connectivity index (χ2n) is 13.7. The summed E-state index contributed by atoms with van der Waals surface area (Å²) in [7, 11) is 0. The fourth-order valence-corrected chi connectivity index (χ4v) is 6.39. The Morgan fingerprint density at radius 3 is 2.22 bits per heavy atom. The van der Waals surface area contributed by atoms with E-state index in [4.69, 9.17) is 11.5 Å². The highest BCUT2D eigenvalue weighted by atomic mass is 16.4. The summed E-state index contributed by atoms with van der Waals surface area (Å²) < 4.78 is 0. The smallest absolute Gasteiger partial charge is 0.325 e. The maximum absolute atomic E-state index is 14.0. The van der Waals surface area contributed by atoms with Gasteiger partial charge in [0.25, 0.3) is 0 Å². The standard InChI is InChI=1S/C36H51N7O6/c1-23(2)18-29(32(45)40-27(14-8-9-16-37)34(47)43-17-15-36(38,22-43)35(48)49)41-33(46)30(19-24-10-4-3-5-11-24)42-31(44)28-20-25-12-6-7-13-26(25)21-39-28/h3-7,10-13,23,27-30,39H,8-9,14-22,37-38H2,1-2H3,(H,40,45)(H,41,46)(H,42,44)(H,48,49)/t27-,28-,29-,30-,36?/m1/s1. The maximum Gasteiger partial charge on any atom is 0.325 e. The van der Waals surface area contributed by atoms with E-state index < -0.39 is 53.4 Å². The van der Waals surface area contributed by atoms with Gasteiger partial charge in [0.1, 0.15) is 23.7 Å². The lowest BCUT2D eigenvalue weighted by Crippen LogP contribution is -2.59.